The lowest BCUT2D eigenvalue weighted by molar-refractivity contribution is -0.145. The zero-order valence-electron chi connectivity index (χ0n) is 9.74. The van der Waals surface area contributed by atoms with Crippen molar-refractivity contribution in [3.05, 3.63) is 29.8 Å². The smallest absolute Gasteiger partial charge is 0.335 e. The molecule has 0 fully saturated rings. The monoisotopic (exact) mass is 254 g/mol. The molecule has 0 saturated carbocycles. The topological polar surface area (TPSA) is 104 Å². The minimum atomic E-state index is -1.12. The lowest BCUT2D eigenvalue weighted by atomic mass is 10.1. The van der Waals surface area contributed by atoms with E-state index in [0.29, 0.717) is 5.75 Å². The first-order valence-corrected chi connectivity index (χ1v) is 5.29. The number of aliphatic hydroxyl groups excluding tert-OH is 1. The third kappa shape index (κ3) is 3.74. The molecule has 0 saturated heterocycles. The van der Waals surface area contributed by atoms with Crippen molar-refractivity contribution >= 4 is 11.9 Å². The Kier molecular flexibility index (Phi) is 4.67. The molecule has 0 aliphatic rings. The quantitative estimate of drug-likeness (QED) is 0.695. The molecule has 0 radical (unpaired) electrons. The van der Waals surface area contributed by atoms with E-state index < -0.39 is 24.0 Å². The highest BCUT2D eigenvalue weighted by molar-refractivity contribution is 5.87. The molecule has 18 heavy (non-hydrogen) atoms. The fourth-order valence-corrected chi connectivity index (χ4v) is 1.18. The molecule has 1 aromatic rings. The molecular weight excluding hydrogens is 240 g/mol. The van der Waals surface area contributed by atoms with Crippen LogP contribution in [0.4, 0.5) is 0 Å². The van der Waals surface area contributed by atoms with Crippen molar-refractivity contribution in [2.45, 2.75) is 13.0 Å². The molecule has 2 atom stereocenters. The number of carbonyl (C=O) groups is 2. The van der Waals surface area contributed by atoms with E-state index in [1.54, 1.807) is 0 Å². The van der Waals surface area contributed by atoms with E-state index in [1.165, 1.54) is 31.2 Å². The molecule has 1 rings (SSSR count). The molecule has 98 valence electrons. The highest BCUT2D eigenvalue weighted by Crippen LogP contribution is 2.13. The number of ether oxygens (including phenoxy) is 1. The van der Waals surface area contributed by atoms with Crippen molar-refractivity contribution in [1.82, 2.24) is 0 Å². The summed E-state index contributed by atoms with van der Waals surface area (Å²) >= 11 is 0. The van der Waals surface area contributed by atoms with Crippen LogP contribution in [-0.4, -0.2) is 40.0 Å². The standard InChI is InChI=1S/C12H14O6/c1-7(11(14)15)10(13)6-18-9-4-2-8(3-5-9)12(16)17/h2-5,7,10,13H,6H2,1H3,(H,14,15)(H,16,17). The zero-order chi connectivity index (χ0) is 13.7. The first-order valence-electron chi connectivity index (χ1n) is 5.29. The van der Waals surface area contributed by atoms with E-state index in [-0.39, 0.29) is 12.2 Å². The van der Waals surface area contributed by atoms with Gasteiger partial charge in [-0.2, -0.15) is 0 Å². The summed E-state index contributed by atoms with van der Waals surface area (Å²) in [4.78, 5) is 21.2. The van der Waals surface area contributed by atoms with Crippen LogP contribution in [0.15, 0.2) is 24.3 Å². The highest BCUT2D eigenvalue weighted by atomic mass is 16.5. The Morgan fingerprint density at radius 2 is 1.78 bits per heavy atom. The lowest BCUT2D eigenvalue weighted by Crippen LogP contribution is -2.30. The van der Waals surface area contributed by atoms with Gasteiger partial charge in [0.05, 0.1) is 11.5 Å². The second-order valence-corrected chi connectivity index (χ2v) is 3.83. The van der Waals surface area contributed by atoms with Crippen LogP contribution in [0.5, 0.6) is 5.75 Å². The van der Waals surface area contributed by atoms with Crippen LogP contribution in [0.1, 0.15) is 17.3 Å². The maximum Gasteiger partial charge on any atom is 0.335 e. The number of rotatable bonds is 6. The molecule has 0 bridgehead atoms. The van der Waals surface area contributed by atoms with Gasteiger partial charge in [0.2, 0.25) is 0 Å². The van der Waals surface area contributed by atoms with Crippen LogP contribution in [0.3, 0.4) is 0 Å². The average Bonchev–Trinajstić information content (AvgIpc) is 2.35. The minimum absolute atomic E-state index is 0.127. The van der Waals surface area contributed by atoms with Gasteiger partial charge in [0.25, 0.3) is 0 Å². The Bertz CT molecular complexity index is 425. The van der Waals surface area contributed by atoms with Crippen LogP contribution < -0.4 is 4.74 Å². The number of hydrogen-bond acceptors (Lipinski definition) is 4. The first-order chi connectivity index (χ1) is 8.41. The molecule has 3 N–H and O–H groups in total. The van der Waals surface area contributed by atoms with E-state index in [2.05, 4.69) is 0 Å². The number of aromatic carboxylic acids is 1. The Morgan fingerprint density at radius 1 is 1.22 bits per heavy atom. The first kappa shape index (κ1) is 14.0. The summed E-state index contributed by atoms with van der Waals surface area (Å²) in [7, 11) is 0. The van der Waals surface area contributed by atoms with Crippen molar-refractivity contribution in [2.75, 3.05) is 6.61 Å². The number of benzene rings is 1. The van der Waals surface area contributed by atoms with Gasteiger partial charge in [0.15, 0.2) is 0 Å². The number of carboxylic acids is 2. The molecule has 0 aromatic heterocycles. The van der Waals surface area contributed by atoms with Crippen LogP contribution >= 0.6 is 0 Å². The largest absolute Gasteiger partial charge is 0.491 e. The van der Waals surface area contributed by atoms with Gasteiger partial charge < -0.3 is 20.1 Å². The Hall–Kier alpha value is -2.08. The molecule has 6 heteroatoms. The number of carboxylic acid groups (broad SMARTS) is 2. The van der Waals surface area contributed by atoms with Gasteiger partial charge in [-0.15, -0.1) is 0 Å². The summed E-state index contributed by atoms with van der Waals surface area (Å²) in [6.45, 7) is 1.21. The zero-order valence-corrected chi connectivity index (χ0v) is 9.74. The third-order valence-corrected chi connectivity index (χ3v) is 2.49. The van der Waals surface area contributed by atoms with Gasteiger partial charge in [0, 0.05) is 0 Å². The number of hydrogen-bond donors (Lipinski definition) is 3. The molecular formula is C12H14O6. The average molecular weight is 254 g/mol. The van der Waals surface area contributed by atoms with Crippen molar-refractivity contribution in [3.8, 4) is 5.75 Å². The van der Waals surface area contributed by atoms with Crippen LogP contribution in [-0.2, 0) is 4.79 Å². The van der Waals surface area contributed by atoms with Crippen LogP contribution in [0.2, 0.25) is 0 Å². The van der Waals surface area contributed by atoms with Crippen molar-refractivity contribution in [1.29, 1.82) is 0 Å². The molecule has 0 aliphatic heterocycles. The summed E-state index contributed by atoms with van der Waals surface area (Å²) in [6.07, 6.45) is -1.12. The van der Waals surface area contributed by atoms with Gasteiger partial charge in [0.1, 0.15) is 18.5 Å². The van der Waals surface area contributed by atoms with Gasteiger partial charge in [-0.25, -0.2) is 4.79 Å². The fourth-order valence-electron chi connectivity index (χ4n) is 1.18. The van der Waals surface area contributed by atoms with Gasteiger partial charge in [-0.3, -0.25) is 4.79 Å². The summed E-state index contributed by atoms with van der Waals surface area (Å²) in [5, 5.41) is 26.8. The van der Waals surface area contributed by atoms with E-state index in [0.717, 1.165) is 0 Å². The second-order valence-electron chi connectivity index (χ2n) is 3.83. The maximum atomic E-state index is 10.6. The molecule has 0 heterocycles. The molecule has 1 aromatic carbocycles. The predicted molar refractivity (Wildman–Crippen MR) is 61.7 cm³/mol. The minimum Gasteiger partial charge on any atom is -0.491 e. The molecule has 2 unspecified atom stereocenters. The predicted octanol–water partition coefficient (Wildman–Crippen LogP) is 0.845. The molecule has 6 nitrogen and oxygen atoms in total. The van der Waals surface area contributed by atoms with Crippen molar-refractivity contribution in [3.63, 3.8) is 0 Å². The summed E-state index contributed by atoms with van der Waals surface area (Å²) in [6, 6.07) is 5.62. The van der Waals surface area contributed by atoms with Gasteiger partial charge >= 0.3 is 11.9 Å². The van der Waals surface area contributed by atoms with E-state index >= 15 is 0 Å². The molecule has 0 aliphatic carbocycles. The second kappa shape index (κ2) is 6.02. The summed E-state index contributed by atoms with van der Waals surface area (Å²) in [5.41, 5.74) is 0.127. The van der Waals surface area contributed by atoms with E-state index in [4.69, 9.17) is 14.9 Å². The highest BCUT2D eigenvalue weighted by Gasteiger charge is 2.21. The van der Waals surface area contributed by atoms with Crippen molar-refractivity contribution in [2.24, 2.45) is 5.92 Å². The maximum absolute atomic E-state index is 10.6. The third-order valence-electron chi connectivity index (χ3n) is 2.49. The van der Waals surface area contributed by atoms with E-state index in [1.807, 2.05) is 0 Å². The molecule has 0 amide bonds. The Morgan fingerprint density at radius 3 is 2.22 bits per heavy atom. The lowest BCUT2D eigenvalue weighted by Gasteiger charge is -2.15. The summed E-state index contributed by atoms with van der Waals surface area (Å²) < 4.78 is 5.17. The number of aliphatic hydroxyl groups is 1. The Labute approximate surface area is 103 Å². The molecule has 0 spiro atoms. The number of aliphatic carboxylic acids is 1. The SMILES string of the molecule is CC(C(=O)O)C(O)COc1ccc(C(=O)O)cc1. The summed E-state index contributed by atoms with van der Waals surface area (Å²) in [5.74, 6) is -2.70. The van der Waals surface area contributed by atoms with Gasteiger partial charge in [-0.1, -0.05) is 0 Å². The van der Waals surface area contributed by atoms with Gasteiger partial charge in [-0.05, 0) is 31.2 Å². The van der Waals surface area contributed by atoms with Crippen LogP contribution in [0.25, 0.3) is 0 Å². The van der Waals surface area contributed by atoms with E-state index in [9.17, 15) is 14.7 Å². The fraction of sp³-hybridized carbons (Fsp3) is 0.333. The Balaban J connectivity index is 2.53. The van der Waals surface area contributed by atoms with Crippen LogP contribution in [0, 0.1) is 5.92 Å². The van der Waals surface area contributed by atoms with Crippen molar-refractivity contribution < 1.29 is 29.6 Å². The normalized spacial score (nSPS) is 13.7.